The summed E-state index contributed by atoms with van der Waals surface area (Å²) >= 11 is 6.64. The number of methoxy groups -OCH3 is 1. The van der Waals surface area contributed by atoms with Gasteiger partial charge in [0.2, 0.25) is 5.88 Å². The lowest BCUT2D eigenvalue weighted by Crippen LogP contribution is -2.32. The number of benzene rings is 1. The predicted molar refractivity (Wildman–Crippen MR) is 115 cm³/mol. The van der Waals surface area contributed by atoms with Gasteiger partial charge in [0.05, 0.1) is 29.5 Å². The Bertz CT molecular complexity index is 1270. The molecule has 8 heteroatoms. The highest BCUT2D eigenvalue weighted by Gasteiger charge is 2.39. The molecule has 4 rings (SSSR count). The van der Waals surface area contributed by atoms with Crippen LogP contribution >= 0.6 is 11.6 Å². The fourth-order valence-corrected chi connectivity index (χ4v) is 4.08. The van der Waals surface area contributed by atoms with Crippen LogP contribution < -0.4 is 4.74 Å². The Morgan fingerprint density at radius 1 is 1.10 bits per heavy atom. The van der Waals surface area contributed by atoms with Crippen molar-refractivity contribution in [2.24, 2.45) is 7.05 Å². The minimum Gasteiger partial charge on any atom is -0.481 e. The first-order chi connectivity index (χ1) is 14.3. The minimum atomic E-state index is -1.53. The van der Waals surface area contributed by atoms with Crippen molar-refractivity contribution < 1.29 is 9.84 Å². The van der Waals surface area contributed by atoms with E-state index in [1.807, 2.05) is 51.1 Å². The van der Waals surface area contributed by atoms with Crippen molar-refractivity contribution >= 4 is 22.5 Å². The molecule has 30 heavy (non-hydrogen) atoms. The SMILES string of the molecule is COc1nc2ccc(C(O)(c3ccc(C)nc3C)c3cnnn3C)cc2c(Cl)c1C. The van der Waals surface area contributed by atoms with Gasteiger partial charge in [0.15, 0.2) is 5.60 Å². The molecule has 1 atom stereocenters. The van der Waals surface area contributed by atoms with E-state index in [1.54, 1.807) is 25.0 Å². The molecule has 1 N–H and O–H groups in total. The molecule has 0 bridgehead atoms. The van der Waals surface area contributed by atoms with Crippen LogP contribution in [-0.4, -0.2) is 37.2 Å². The van der Waals surface area contributed by atoms with Gasteiger partial charge in [-0.25, -0.2) is 9.67 Å². The second-order valence-electron chi connectivity index (χ2n) is 7.33. The molecule has 0 amide bonds. The van der Waals surface area contributed by atoms with Gasteiger partial charge in [-0.3, -0.25) is 4.98 Å². The molecule has 0 radical (unpaired) electrons. The molecule has 3 aromatic heterocycles. The molecule has 1 aromatic carbocycles. The Morgan fingerprint density at radius 3 is 2.50 bits per heavy atom. The quantitative estimate of drug-likeness (QED) is 0.539. The zero-order valence-electron chi connectivity index (χ0n) is 17.4. The third-order valence-corrected chi connectivity index (χ3v) is 5.90. The average molecular weight is 424 g/mol. The summed E-state index contributed by atoms with van der Waals surface area (Å²) in [4.78, 5) is 9.09. The molecule has 1 unspecified atom stereocenters. The number of aliphatic hydroxyl groups is 1. The van der Waals surface area contributed by atoms with Crippen molar-refractivity contribution in [2.45, 2.75) is 26.4 Å². The summed E-state index contributed by atoms with van der Waals surface area (Å²) in [5.41, 5.74) is 3.25. The van der Waals surface area contributed by atoms with Gasteiger partial charge in [-0.2, -0.15) is 0 Å². The van der Waals surface area contributed by atoms with Gasteiger partial charge in [0.1, 0.15) is 0 Å². The third kappa shape index (κ3) is 3.02. The molecule has 0 aliphatic rings. The summed E-state index contributed by atoms with van der Waals surface area (Å²) < 4.78 is 6.89. The maximum atomic E-state index is 12.2. The summed E-state index contributed by atoms with van der Waals surface area (Å²) in [6.07, 6.45) is 1.56. The largest absolute Gasteiger partial charge is 0.481 e. The van der Waals surface area contributed by atoms with E-state index in [4.69, 9.17) is 16.3 Å². The average Bonchev–Trinajstić information content (AvgIpc) is 3.16. The van der Waals surface area contributed by atoms with Crippen LogP contribution in [0.4, 0.5) is 0 Å². The van der Waals surface area contributed by atoms with E-state index < -0.39 is 5.60 Å². The summed E-state index contributed by atoms with van der Waals surface area (Å²) in [5, 5.41) is 21.4. The van der Waals surface area contributed by atoms with Crippen molar-refractivity contribution in [3.05, 3.63) is 75.3 Å². The number of ether oxygens (including phenoxy) is 1. The van der Waals surface area contributed by atoms with Crippen molar-refractivity contribution in [3.8, 4) is 5.88 Å². The highest BCUT2D eigenvalue weighted by molar-refractivity contribution is 6.36. The standard InChI is InChI=1S/C22H22ClN5O2/c1-12-6-8-17(14(3)25-12)22(29,19-11-24-27-28(19)4)15-7-9-18-16(10-15)20(23)13(2)21(26-18)30-5/h6-11,29H,1-5H3. The van der Waals surface area contributed by atoms with Gasteiger partial charge < -0.3 is 9.84 Å². The number of nitrogens with zero attached hydrogens (tertiary/aromatic N) is 5. The number of fused-ring (bicyclic) bond motifs is 1. The molecule has 0 aliphatic carbocycles. The van der Waals surface area contributed by atoms with E-state index in [-0.39, 0.29) is 0 Å². The molecular formula is C22H22ClN5O2. The normalized spacial score (nSPS) is 13.4. The molecule has 0 spiro atoms. The van der Waals surface area contributed by atoms with Crippen LogP contribution in [0, 0.1) is 20.8 Å². The van der Waals surface area contributed by atoms with Crippen molar-refractivity contribution in [1.82, 2.24) is 25.0 Å². The Hall–Kier alpha value is -3.03. The van der Waals surface area contributed by atoms with Crippen LogP contribution in [0.1, 0.15) is 33.8 Å². The van der Waals surface area contributed by atoms with E-state index in [0.717, 1.165) is 16.6 Å². The van der Waals surface area contributed by atoms with E-state index >= 15 is 0 Å². The second-order valence-corrected chi connectivity index (χ2v) is 7.71. The molecule has 0 fully saturated rings. The molecule has 0 aliphatic heterocycles. The van der Waals surface area contributed by atoms with Gasteiger partial charge in [0, 0.05) is 34.9 Å². The lowest BCUT2D eigenvalue weighted by Gasteiger charge is -2.30. The molecule has 154 valence electrons. The number of hydrogen-bond acceptors (Lipinski definition) is 6. The Kier molecular flexibility index (Phi) is 4.95. The molecule has 0 saturated heterocycles. The van der Waals surface area contributed by atoms with Crippen molar-refractivity contribution in [2.75, 3.05) is 7.11 Å². The molecule has 3 heterocycles. The fraction of sp³-hybridized carbons (Fsp3) is 0.273. The number of halogens is 1. The lowest BCUT2D eigenvalue weighted by molar-refractivity contribution is 0.115. The van der Waals surface area contributed by atoms with E-state index in [1.165, 1.54) is 0 Å². The van der Waals surface area contributed by atoms with E-state index in [0.29, 0.717) is 38.9 Å². The Balaban J connectivity index is 2.04. The number of rotatable bonds is 4. The second kappa shape index (κ2) is 7.34. The monoisotopic (exact) mass is 423 g/mol. The number of pyridine rings is 2. The lowest BCUT2D eigenvalue weighted by atomic mass is 9.82. The Labute approximate surface area is 179 Å². The minimum absolute atomic E-state index is 0.477. The van der Waals surface area contributed by atoms with Gasteiger partial charge in [-0.15, -0.1) is 5.10 Å². The van der Waals surface area contributed by atoms with Gasteiger partial charge >= 0.3 is 0 Å². The topological polar surface area (TPSA) is 85.9 Å². The highest BCUT2D eigenvalue weighted by Crippen LogP contribution is 2.40. The Morgan fingerprint density at radius 2 is 1.87 bits per heavy atom. The summed E-state index contributed by atoms with van der Waals surface area (Å²) in [5.74, 6) is 0.477. The van der Waals surface area contributed by atoms with E-state index in [9.17, 15) is 5.11 Å². The van der Waals surface area contributed by atoms with Crippen LogP contribution in [-0.2, 0) is 12.6 Å². The summed E-state index contributed by atoms with van der Waals surface area (Å²) in [7, 11) is 3.31. The van der Waals surface area contributed by atoms with Gasteiger partial charge in [-0.05, 0) is 44.5 Å². The molecule has 4 aromatic rings. The maximum Gasteiger partial charge on any atom is 0.218 e. The molecule has 0 saturated carbocycles. The summed E-state index contributed by atoms with van der Waals surface area (Å²) in [6, 6.07) is 9.26. The van der Waals surface area contributed by atoms with Crippen LogP contribution in [0.25, 0.3) is 10.9 Å². The first kappa shape index (κ1) is 20.3. The predicted octanol–water partition coefficient (Wildman–Crippen LogP) is 3.63. The highest BCUT2D eigenvalue weighted by atomic mass is 35.5. The van der Waals surface area contributed by atoms with Crippen LogP contribution in [0.2, 0.25) is 5.02 Å². The first-order valence-electron chi connectivity index (χ1n) is 9.44. The maximum absolute atomic E-state index is 12.2. The first-order valence-corrected chi connectivity index (χ1v) is 9.81. The van der Waals surface area contributed by atoms with Gasteiger partial charge in [-0.1, -0.05) is 28.9 Å². The summed E-state index contributed by atoms with van der Waals surface area (Å²) in [6.45, 7) is 5.65. The molecule has 7 nitrogen and oxygen atoms in total. The van der Waals surface area contributed by atoms with Crippen molar-refractivity contribution in [3.63, 3.8) is 0 Å². The number of aromatic nitrogens is 5. The fourth-order valence-electron chi connectivity index (χ4n) is 3.85. The number of aryl methyl sites for hydroxylation is 3. The van der Waals surface area contributed by atoms with Crippen molar-refractivity contribution in [1.29, 1.82) is 0 Å². The van der Waals surface area contributed by atoms with Crippen LogP contribution in [0.3, 0.4) is 0 Å². The smallest absolute Gasteiger partial charge is 0.218 e. The van der Waals surface area contributed by atoms with E-state index in [2.05, 4.69) is 20.3 Å². The zero-order valence-corrected chi connectivity index (χ0v) is 18.2. The van der Waals surface area contributed by atoms with Gasteiger partial charge in [0.25, 0.3) is 0 Å². The van der Waals surface area contributed by atoms with Crippen LogP contribution in [0.5, 0.6) is 5.88 Å². The number of hydrogen-bond donors (Lipinski definition) is 1. The third-order valence-electron chi connectivity index (χ3n) is 5.42. The molecular weight excluding hydrogens is 402 g/mol. The van der Waals surface area contributed by atoms with Crippen LogP contribution in [0.15, 0.2) is 36.5 Å². The zero-order chi connectivity index (χ0) is 21.6.